The third-order valence-electron chi connectivity index (χ3n) is 23.3. The van der Waals surface area contributed by atoms with Gasteiger partial charge in [0.25, 0.3) is 17.7 Å². The van der Waals surface area contributed by atoms with Gasteiger partial charge in [-0.05, 0) is 285 Å². The molecule has 17 rings (SSSR count). The van der Waals surface area contributed by atoms with Gasteiger partial charge >= 0.3 is 29.6 Å². The Balaban J connectivity index is 0.000000206. The number of amides is 3. The summed E-state index contributed by atoms with van der Waals surface area (Å²) < 4.78 is 65.1. The quantitative estimate of drug-likeness (QED) is 0.0159. The standard InChI is InChI=1S/2C29H29ClFN5O3.C22H22BrFN4O2.C8H10ClNO.C7H7BrClNO.C7H5BrClNO.B.Na.H/c2*1-17(37)20-13-23(27(30)34-14-20)22-10-19(16-36-9-7-33-29(36)32-2)11-24-21(22)6-8-35(28(24)38)15-18-4-5-25(31)26(12-18)39-3;1-25-22-26-6-8-28(22)13-15-9-17-16(18(23)10-15)5-7-27(21(17)29)12-14-3-4-19(24)20(11-14)30-2;1-5-3-7(6(2)11)4-10-8(5)9;2*1-4(11)5-2-6(8)7(9)10-3-5;;;/h2*4-5,7,9-14,17,37H,6,8,15-16H2,1-3H3,(H,32,33);3-4,6,8-11H,5,7,12-13H2,1-2H3,(H,25,26);3-4,6,11H,1-2H3;2-4,11H,1H3;2-3H,1H3;;;/q;;;;;;;+1;-1/t2*17-;;;;;;;/m10......./s1. The maximum Gasteiger partial charge on any atom is 1.00 e. The van der Waals surface area contributed by atoms with Gasteiger partial charge in [-0.25, -0.2) is 53.0 Å². The number of ketones is 1. The summed E-state index contributed by atoms with van der Waals surface area (Å²) in [6, 6.07) is 34.7. The number of aromatic nitrogens is 11. The van der Waals surface area contributed by atoms with E-state index in [0.717, 1.165) is 94.7 Å². The van der Waals surface area contributed by atoms with Crippen molar-refractivity contribution in [3.05, 3.63) is 346 Å². The molecule has 0 spiro atoms. The van der Waals surface area contributed by atoms with Crippen LogP contribution in [0.1, 0.15) is 180 Å². The number of fused-ring (bicyclic) bond motifs is 3. The van der Waals surface area contributed by atoms with Crippen LogP contribution in [-0.2, 0) is 58.5 Å². The van der Waals surface area contributed by atoms with E-state index in [1.807, 2.05) is 94.8 Å². The number of rotatable bonds is 25. The van der Waals surface area contributed by atoms with Crippen molar-refractivity contribution in [1.82, 2.24) is 68.3 Å². The van der Waals surface area contributed by atoms with E-state index in [9.17, 15) is 42.6 Å². The molecule has 0 saturated heterocycles. The zero-order chi connectivity index (χ0) is 102. The fraction of sp³-hybridized carbons (Fsp3) is 0.275. The summed E-state index contributed by atoms with van der Waals surface area (Å²) in [5.74, 6) is 1.02. The van der Waals surface area contributed by atoms with E-state index >= 15 is 0 Å². The zero-order valence-electron chi connectivity index (χ0n) is 81.3. The molecule has 0 fully saturated rings. The van der Waals surface area contributed by atoms with Gasteiger partial charge < -0.3 is 80.4 Å². The molecule has 28 nitrogen and oxygen atoms in total. The number of carbonyl (C=O) groups excluding carboxylic acids is 4. The van der Waals surface area contributed by atoms with E-state index in [2.05, 4.69) is 110 Å². The molecule has 3 aliphatic rings. The fourth-order valence-corrected chi connectivity index (χ4v) is 17.9. The Hall–Kier alpha value is -10.8. The molecule has 41 heteroatoms. The van der Waals surface area contributed by atoms with Crippen LogP contribution in [-0.4, -0.2) is 183 Å². The molecule has 3 amide bonds. The van der Waals surface area contributed by atoms with Gasteiger partial charge in [0.2, 0.25) is 17.8 Å². The first-order valence-corrected chi connectivity index (χ1v) is 48.5. The first-order valence-electron chi connectivity index (χ1n) is 44.2. The minimum absolute atomic E-state index is 0. The molecule has 3 radical (unpaired) electrons. The molecule has 3 aliphatic heterocycles. The van der Waals surface area contributed by atoms with Crippen LogP contribution in [0.5, 0.6) is 17.2 Å². The van der Waals surface area contributed by atoms with E-state index in [1.165, 1.54) is 52.6 Å². The molecule has 4 atom stereocenters. The van der Waals surface area contributed by atoms with E-state index < -0.39 is 41.9 Å². The molecule has 0 aliphatic carbocycles. The Labute approximate surface area is 902 Å². The number of aliphatic hydroxyl groups excluding tert-OH is 4. The second kappa shape index (κ2) is 52.8. The molecule has 6 aromatic carbocycles. The van der Waals surface area contributed by atoms with Gasteiger partial charge in [0, 0.05) is 175 Å². The number of pyridine rings is 5. The van der Waals surface area contributed by atoms with E-state index in [1.54, 1.807) is 148 Å². The van der Waals surface area contributed by atoms with Crippen LogP contribution in [0.15, 0.2) is 203 Å². The van der Waals surface area contributed by atoms with Crippen LogP contribution in [0.25, 0.3) is 22.3 Å². The number of ether oxygens (including phenoxy) is 3. The van der Waals surface area contributed by atoms with Crippen molar-refractivity contribution in [2.45, 2.75) is 124 Å². The number of benzene rings is 6. The van der Waals surface area contributed by atoms with Crippen molar-refractivity contribution in [1.29, 1.82) is 0 Å². The van der Waals surface area contributed by atoms with Gasteiger partial charge in [-0.2, -0.15) is 0 Å². The minimum atomic E-state index is -0.721. The van der Waals surface area contributed by atoms with Crippen molar-refractivity contribution < 1.29 is 98.0 Å². The van der Waals surface area contributed by atoms with E-state index in [-0.39, 0.29) is 80.2 Å². The maximum absolute atomic E-state index is 13.9. The van der Waals surface area contributed by atoms with Crippen LogP contribution >= 0.6 is 106 Å². The monoisotopic (exact) mass is 2240 g/mol. The number of methoxy groups -OCH3 is 3. The summed E-state index contributed by atoms with van der Waals surface area (Å²) >= 11 is 40.1. The van der Waals surface area contributed by atoms with Gasteiger partial charge in [0.15, 0.2) is 40.5 Å². The average molecular weight is 2250 g/mol. The summed E-state index contributed by atoms with van der Waals surface area (Å²) in [6.07, 6.45) is 18.0. The number of nitrogens with zero attached hydrogens (tertiary/aromatic N) is 14. The number of halogens is 11. The van der Waals surface area contributed by atoms with Crippen molar-refractivity contribution in [2.24, 2.45) is 0 Å². The molecule has 0 bridgehead atoms. The van der Waals surface area contributed by atoms with E-state index in [4.69, 9.17) is 82.4 Å². The van der Waals surface area contributed by atoms with Crippen LogP contribution in [0.3, 0.4) is 0 Å². The summed E-state index contributed by atoms with van der Waals surface area (Å²) in [5, 5.41) is 49.7. The zero-order valence-corrected chi connectivity index (χ0v) is 90.9. The Morgan fingerprint density at radius 2 is 0.706 bits per heavy atom. The van der Waals surface area contributed by atoms with Gasteiger partial charge in [-0.1, -0.05) is 92.1 Å². The predicted octanol–water partition coefficient (Wildman–Crippen LogP) is 18.3. The number of anilines is 3. The number of hydrogen-bond donors (Lipinski definition) is 7. The Morgan fingerprint density at radius 1 is 0.399 bits per heavy atom. The second-order valence-corrected chi connectivity index (χ2v) is 37.4. The van der Waals surface area contributed by atoms with Gasteiger partial charge in [0.1, 0.15) is 25.8 Å². The van der Waals surface area contributed by atoms with Crippen molar-refractivity contribution in [2.75, 3.05) is 78.1 Å². The van der Waals surface area contributed by atoms with Crippen LogP contribution in [0, 0.1) is 24.4 Å². The molecular formula is C102H103BBr3Cl5F3N17NaO11. The summed E-state index contributed by atoms with van der Waals surface area (Å²) in [4.78, 5) is 90.2. The molecular weight excluding hydrogens is 2150 g/mol. The number of aryl methyl sites for hydroxylation is 1. The van der Waals surface area contributed by atoms with Crippen LogP contribution < -0.4 is 59.7 Å². The smallest absolute Gasteiger partial charge is 1.00 e. The molecule has 11 heterocycles. The molecule has 7 N–H and O–H groups in total. The third-order valence-corrected chi connectivity index (χ3v) is 27.2. The summed E-state index contributed by atoms with van der Waals surface area (Å²) in [5.41, 5.74) is 17.0. The second-order valence-electron chi connectivity index (χ2n) is 33.1. The van der Waals surface area contributed by atoms with Crippen molar-refractivity contribution in [3.8, 4) is 39.5 Å². The number of carbonyl (C=O) groups is 4. The molecule has 743 valence electrons. The average Bonchev–Trinajstić information content (AvgIpc) is 0.826. The van der Waals surface area contributed by atoms with Crippen molar-refractivity contribution in [3.63, 3.8) is 0 Å². The number of imidazole rings is 3. The molecule has 143 heavy (non-hydrogen) atoms. The number of nitrogens with one attached hydrogen (secondary N) is 3. The Morgan fingerprint density at radius 3 is 1.03 bits per heavy atom. The SMILES string of the molecule is CC(=O)c1cnc(Cl)c(Br)c1.CC(O)c1cnc(Cl)c(Br)c1.CNc1nccn1Cc1cc(Br)c2c(c1)C(=O)N(Cc1ccc(F)c(OC)c1)CC2.CNc1nccn1Cc1cc2c(c(-c3cc([C@@H](C)O)cnc3Cl)c1)CCN(Cc1ccc(F)c(OC)c1)C2=O.CNc1nccn1Cc1cc2c(c(-c3cc([C@H](C)O)cnc3Cl)c1)CCN(Cc1ccc(F)c(OC)c1)C2=O.Cc1cc(C(C)O)cnc1Cl.[B].[H-].[Na+]. The maximum atomic E-state index is 13.9. The Kier molecular flexibility index (Phi) is 42.1. The molecule has 0 saturated carbocycles. The normalized spacial score (nSPS) is 13.1. The minimum Gasteiger partial charge on any atom is -1.00 e. The summed E-state index contributed by atoms with van der Waals surface area (Å²) in [6.45, 7) is 14.2. The van der Waals surface area contributed by atoms with E-state index in [0.29, 0.717) is 163 Å². The molecule has 8 aromatic heterocycles. The predicted molar refractivity (Wildman–Crippen MR) is 558 cm³/mol. The first kappa shape index (κ1) is 114. The van der Waals surface area contributed by atoms with Gasteiger partial charge in [-0.3, -0.25) is 19.2 Å². The fourth-order valence-electron chi connectivity index (χ4n) is 15.8. The first-order chi connectivity index (χ1) is 67.4. The van der Waals surface area contributed by atoms with Crippen LogP contribution in [0.4, 0.5) is 31.0 Å². The van der Waals surface area contributed by atoms with Crippen LogP contribution in [0.2, 0.25) is 25.8 Å². The number of Topliss-reactive ketones (excluding diaryl/α,β-unsaturated/α-hetero) is 1. The topological polar surface area (TPSA) is 341 Å². The Bertz CT molecular complexity index is 6620. The van der Waals surface area contributed by atoms with Gasteiger partial charge in [0.05, 0.1) is 74.3 Å². The summed E-state index contributed by atoms with van der Waals surface area (Å²) in [7, 11) is 9.70. The van der Waals surface area contributed by atoms with Crippen molar-refractivity contribution >= 4 is 156 Å². The van der Waals surface area contributed by atoms with Gasteiger partial charge in [-0.15, -0.1) is 0 Å². The largest absolute Gasteiger partial charge is 1.00 e. The molecule has 2 unspecified atom stereocenters. The number of hydrogen-bond acceptors (Lipinski definition) is 22. The third kappa shape index (κ3) is 29.1. The molecule has 14 aromatic rings. The number of aliphatic hydroxyl groups is 4.